The number of aromatic nitrogens is 2. The number of benzene rings is 1. The van der Waals surface area contributed by atoms with Crippen LogP contribution in [0.25, 0.3) is 11.4 Å². The summed E-state index contributed by atoms with van der Waals surface area (Å²) in [6, 6.07) is 7.46. The summed E-state index contributed by atoms with van der Waals surface area (Å²) in [5.41, 5.74) is 0.862. The van der Waals surface area contributed by atoms with Gasteiger partial charge in [-0.1, -0.05) is 46.0 Å². The van der Waals surface area contributed by atoms with Crippen molar-refractivity contribution < 1.29 is 19.0 Å². The summed E-state index contributed by atoms with van der Waals surface area (Å²) in [6.45, 7) is 4.82. The van der Waals surface area contributed by atoms with E-state index >= 15 is 0 Å². The maximum absolute atomic E-state index is 13.6. The topological polar surface area (TPSA) is 64.5 Å². The first-order valence-corrected chi connectivity index (χ1v) is 11.1. The molecule has 0 aliphatic heterocycles. The Balaban J connectivity index is 1.76. The Morgan fingerprint density at radius 1 is 0.867 bits per heavy atom. The lowest BCUT2D eigenvalue weighted by Crippen LogP contribution is -2.17. The molecule has 0 spiro atoms. The van der Waals surface area contributed by atoms with Crippen molar-refractivity contribution in [1.82, 2.24) is 9.97 Å². The van der Waals surface area contributed by atoms with Gasteiger partial charge in [0.15, 0.2) is 11.6 Å². The first-order chi connectivity index (χ1) is 14.6. The van der Waals surface area contributed by atoms with Crippen LogP contribution in [0.15, 0.2) is 36.7 Å². The van der Waals surface area contributed by atoms with Crippen LogP contribution in [-0.2, 0) is 0 Å². The number of aliphatic hydroxyl groups excluding tert-OH is 1. The fourth-order valence-electron chi connectivity index (χ4n) is 3.02. The van der Waals surface area contributed by atoms with Crippen LogP contribution >= 0.6 is 0 Å². The SMILES string of the molecule is CCCCCC(O)COc1ccc(-c2ncc(OCCC(F)CCCC)cn2)cc1. The van der Waals surface area contributed by atoms with Gasteiger partial charge in [0, 0.05) is 12.0 Å². The average molecular weight is 419 g/mol. The molecule has 0 radical (unpaired) electrons. The van der Waals surface area contributed by atoms with Crippen LogP contribution in [0.4, 0.5) is 4.39 Å². The van der Waals surface area contributed by atoms with E-state index < -0.39 is 12.3 Å². The first kappa shape index (κ1) is 24.1. The zero-order chi connectivity index (χ0) is 21.6. The van der Waals surface area contributed by atoms with E-state index in [1.807, 2.05) is 24.3 Å². The van der Waals surface area contributed by atoms with Gasteiger partial charge in [0.1, 0.15) is 18.5 Å². The van der Waals surface area contributed by atoms with E-state index in [0.717, 1.165) is 44.1 Å². The molecule has 2 unspecified atom stereocenters. The summed E-state index contributed by atoms with van der Waals surface area (Å²) >= 11 is 0. The molecule has 30 heavy (non-hydrogen) atoms. The van der Waals surface area contributed by atoms with E-state index in [9.17, 15) is 9.50 Å². The summed E-state index contributed by atoms with van der Waals surface area (Å²) in [6.07, 6.45) is 8.90. The molecular weight excluding hydrogens is 383 g/mol. The van der Waals surface area contributed by atoms with Crippen molar-refractivity contribution in [3.05, 3.63) is 36.7 Å². The number of hydrogen-bond acceptors (Lipinski definition) is 5. The Labute approximate surface area is 179 Å². The Morgan fingerprint density at radius 3 is 2.23 bits per heavy atom. The molecule has 1 aromatic carbocycles. The highest BCUT2D eigenvalue weighted by molar-refractivity contribution is 5.56. The average Bonchev–Trinajstić information content (AvgIpc) is 2.77. The predicted octanol–water partition coefficient (Wildman–Crippen LogP) is 5.76. The second kappa shape index (κ2) is 13.9. The fraction of sp³-hybridized carbons (Fsp3) is 0.583. The summed E-state index contributed by atoms with van der Waals surface area (Å²) in [5.74, 6) is 1.83. The van der Waals surface area contributed by atoms with Crippen molar-refractivity contribution in [1.29, 1.82) is 0 Å². The van der Waals surface area contributed by atoms with Crippen LogP contribution in [0.5, 0.6) is 11.5 Å². The molecule has 1 N–H and O–H groups in total. The van der Waals surface area contributed by atoms with Crippen molar-refractivity contribution in [3.63, 3.8) is 0 Å². The molecular formula is C24H35FN2O3. The minimum Gasteiger partial charge on any atom is -0.491 e. The number of ether oxygens (including phenoxy) is 2. The second-order valence-corrected chi connectivity index (χ2v) is 7.60. The largest absolute Gasteiger partial charge is 0.491 e. The minimum atomic E-state index is -0.816. The summed E-state index contributed by atoms with van der Waals surface area (Å²) < 4.78 is 24.8. The van der Waals surface area contributed by atoms with Gasteiger partial charge in [0.05, 0.1) is 25.1 Å². The van der Waals surface area contributed by atoms with Gasteiger partial charge in [-0.15, -0.1) is 0 Å². The summed E-state index contributed by atoms with van der Waals surface area (Å²) in [5, 5.41) is 9.95. The van der Waals surface area contributed by atoms with Gasteiger partial charge in [0.2, 0.25) is 0 Å². The van der Waals surface area contributed by atoms with Crippen LogP contribution in [0.3, 0.4) is 0 Å². The number of alkyl halides is 1. The minimum absolute atomic E-state index is 0.295. The van der Waals surface area contributed by atoms with E-state index in [4.69, 9.17) is 9.47 Å². The van der Waals surface area contributed by atoms with Gasteiger partial charge in [-0.25, -0.2) is 14.4 Å². The molecule has 166 valence electrons. The highest BCUT2D eigenvalue weighted by Crippen LogP contribution is 2.21. The van der Waals surface area contributed by atoms with Gasteiger partial charge in [-0.2, -0.15) is 0 Å². The van der Waals surface area contributed by atoms with E-state index in [0.29, 0.717) is 43.4 Å². The van der Waals surface area contributed by atoms with E-state index in [2.05, 4.69) is 23.8 Å². The third kappa shape index (κ3) is 9.08. The summed E-state index contributed by atoms with van der Waals surface area (Å²) in [4.78, 5) is 8.66. The van der Waals surface area contributed by atoms with Crippen LogP contribution in [-0.4, -0.2) is 40.6 Å². The summed E-state index contributed by atoms with van der Waals surface area (Å²) in [7, 11) is 0. The van der Waals surface area contributed by atoms with Gasteiger partial charge in [-0.3, -0.25) is 0 Å². The molecule has 5 nitrogen and oxygen atoms in total. The lowest BCUT2D eigenvalue weighted by Gasteiger charge is -2.12. The fourth-order valence-corrected chi connectivity index (χ4v) is 3.02. The zero-order valence-electron chi connectivity index (χ0n) is 18.2. The molecule has 1 aromatic heterocycles. The molecule has 0 bridgehead atoms. The number of aliphatic hydroxyl groups is 1. The third-order valence-corrected chi connectivity index (χ3v) is 4.89. The van der Waals surface area contributed by atoms with E-state index in [1.165, 1.54) is 0 Å². The molecule has 6 heteroatoms. The zero-order valence-corrected chi connectivity index (χ0v) is 18.2. The van der Waals surface area contributed by atoms with Crippen LogP contribution in [0, 0.1) is 0 Å². The van der Waals surface area contributed by atoms with Crippen molar-refractivity contribution in [2.45, 2.75) is 77.5 Å². The lowest BCUT2D eigenvalue weighted by molar-refractivity contribution is 0.0976. The Kier molecular flexibility index (Phi) is 11.2. The second-order valence-electron chi connectivity index (χ2n) is 7.60. The van der Waals surface area contributed by atoms with Crippen LogP contribution in [0.1, 0.15) is 65.2 Å². The predicted molar refractivity (Wildman–Crippen MR) is 118 cm³/mol. The number of unbranched alkanes of at least 4 members (excludes halogenated alkanes) is 3. The van der Waals surface area contributed by atoms with Crippen LogP contribution < -0.4 is 9.47 Å². The number of nitrogens with zero attached hydrogens (tertiary/aromatic N) is 2. The quantitative estimate of drug-likeness (QED) is 0.373. The lowest BCUT2D eigenvalue weighted by atomic mass is 10.1. The molecule has 0 aliphatic carbocycles. The van der Waals surface area contributed by atoms with Crippen LogP contribution in [0.2, 0.25) is 0 Å². The van der Waals surface area contributed by atoms with Gasteiger partial charge in [-0.05, 0) is 37.1 Å². The maximum atomic E-state index is 13.6. The monoisotopic (exact) mass is 418 g/mol. The molecule has 0 fully saturated rings. The standard InChI is InChI=1S/C24H35FN2O3/c1-3-5-7-9-21(28)18-30-22-12-10-19(11-13-22)24-26-16-23(17-27-24)29-15-14-20(25)8-6-4-2/h10-13,16-17,20-21,28H,3-9,14-15,18H2,1-2H3. The number of halogens is 1. The van der Waals surface area contributed by atoms with Crippen molar-refractivity contribution in [2.24, 2.45) is 0 Å². The first-order valence-electron chi connectivity index (χ1n) is 11.1. The van der Waals surface area contributed by atoms with Crippen molar-refractivity contribution >= 4 is 0 Å². The van der Waals surface area contributed by atoms with E-state index in [-0.39, 0.29) is 0 Å². The molecule has 2 atom stereocenters. The highest BCUT2D eigenvalue weighted by atomic mass is 19.1. The Morgan fingerprint density at radius 2 is 1.57 bits per heavy atom. The van der Waals surface area contributed by atoms with Gasteiger partial charge >= 0.3 is 0 Å². The normalized spacial score (nSPS) is 13.1. The molecule has 2 rings (SSSR count). The molecule has 0 aliphatic rings. The molecule has 0 amide bonds. The molecule has 0 saturated heterocycles. The van der Waals surface area contributed by atoms with E-state index in [1.54, 1.807) is 12.4 Å². The molecule has 1 heterocycles. The number of hydrogen-bond donors (Lipinski definition) is 1. The molecule has 0 saturated carbocycles. The smallest absolute Gasteiger partial charge is 0.159 e. The third-order valence-electron chi connectivity index (χ3n) is 4.89. The molecule has 2 aromatic rings. The Hall–Kier alpha value is -2.21. The van der Waals surface area contributed by atoms with Gasteiger partial charge in [0.25, 0.3) is 0 Å². The number of rotatable bonds is 15. The maximum Gasteiger partial charge on any atom is 0.159 e. The van der Waals surface area contributed by atoms with Gasteiger partial charge < -0.3 is 14.6 Å². The highest BCUT2D eigenvalue weighted by Gasteiger charge is 2.08. The Bertz CT molecular complexity index is 695. The van der Waals surface area contributed by atoms with Crippen molar-refractivity contribution in [3.8, 4) is 22.9 Å². The van der Waals surface area contributed by atoms with Crippen molar-refractivity contribution in [2.75, 3.05) is 13.2 Å².